The molecule has 0 aromatic heterocycles. The summed E-state index contributed by atoms with van der Waals surface area (Å²) < 4.78 is 0. The quantitative estimate of drug-likeness (QED) is 0.855. The van der Waals surface area contributed by atoms with Crippen LogP contribution in [-0.2, 0) is 6.42 Å². The van der Waals surface area contributed by atoms with Crippen LogP contribution in [0.4, 0.5) is 0 Å². The van der Waals surface area contributed by atoms with Gasteiger partial charge in [-0.3, -0.25) is 9.69 Å². The number of nitrogens with zero attached hydrogens (tertiary/aromatic N) is 1. The molecule has 1 atom stereocenters. The Morgan fingerprint density at radius 3 is 2.58 bits per heavy atom. The van der Waals surface area contributed by atoms with Crippen LogP contribution in [-0.4, -0.2) is 23.9 Å². The van der Waals surface area contributed by atoms with Gasteiger partial charge in [-0.1, -0.05) is 26.0 Å². The highest BCUT2D eigenvalue weighted by Gasteiger charge is 2.30. The van der Waals surface area contributed by atoms with E-state index in [1.165, 1.54) is 11.1 Å². The maximum atomic E-state index is 11.6. The first-order chi connectivity index (χ1) is 9.19. The first-order valence-corrected chi connectivity index (χ1v) is 7.34. The lowest BCUT2D eigenvalue weighted by molar-refractivity contribution is 0.0996. The fourth-order valence-corrected chi connectivity index (χ4v) is 3.24. The topological polar surface area (TPSA) is 46.3 Å². The number of rotatable bonds is 6. The number of primary amides is 1. The van der Waals surface area contributed by atoms with Crippen molar-refractivity contribution in [3.05, 3.63) is 34.9 Å². The van der Waals surface area contributed by atoms with Crippen LogP contribution >= 0.6 is 0 Å². The Morgan fingerprint density at radius 1 is 1.32 bits per heavy atom. The number of aryl methyl sites for hydroxylation is 1. The average molecular weight is 260 g/mol. The van der Waals surface area contributed by atoms with Crippen molar-refractivity contribution >= 4 is 5.91 Å². The van der Waals surface area contributed by atoms with Gasteiger partial charge in [0.2, 0.25) is 5.91 Å². The van der Waals surface area contributed by atoms with E-state index in [0.29, 0.717) is 6.04 Å². The molecule has 0 aliphatic heterocycles. The molecule has 1 aromatic rings. The van der Waals surface area contributed by atoms with Crippen LogP contribution in [0.25, 0.3) is 0 Å². The maximum Gasteiger partial charge on any atom is 0.249 e. The lowest BCUT2D eigenvalue weighted by Crippen LogP contribution is -2.30. The summed E-state index contributed by atoms with van der Waals surface area (Å²) in [4.78, 5) is 14.2. The fraction of sp³-hybridized carbons (Fsp3) is 0.562. The summed E-state index contributed by atoms with van der Waals surface area (Å²) in [7, 11) is 0. The molecule has 0 heterocycles. The third kappa shape index (κ3) is 2.81. The molecule has 1 aliphatic rings. The number of benzene rings is 1. The smallest absolute Gasteiger partial charge is 0.249 e. The largest absolute Gasteiger partial charge is 0.366 e. The molecule has 3 nitrogen and oxygen atoms in total. The van der Waals surface area contributed by atoms with Crippen molar-refractivity contribution in [2.45, 2.75) is 45.6 Å². The fourth-order valence-electron chi connectivity index (χ4n) is 3.24. The molecule has 0 unspecified atom stereocenters. The van der Waals surface area contributed by atoms with Crippen molar-refractivity contribution in [1.29, 1.82) is 0 Å². The van der Waals surface area contributed by atoms with Crippen molar-refractivity contribution in [1.82, 2.24) is 4.90 Å². The van der Waals surface area contributed by atoms with Gasteiger partial charge in [0.25, 0.3) is 0 Å². The van der Waals surface area contributed by atoms with E-state index >= 15 is 0 Å². The van der Waals surface area contributed by atoms with Crippen molar-refractivity contribution in [2.75, 3.05) is 13.1 Å². The highest BCUT2D eigenvalue weighted by atomic mass is 16.1. The minimum absolute atomic E-state index is 0.295. The first kappa shape index (κ1) is 14.1. The van der Waals surface area contributed by atoms with E-state index in [2.05, 4.69) is 24.8 Å². The Kier molecular flexibility index (Phi) is 4.59. The molecule has 0 saturated heterocycles. The van der Waals surface area contributed by atoms with E-state index < -0.39 is 0 Å². The minimum atomic E-state index is -0.295. The Hall–Kier alpha value is -1.35. The summed E-state index contributed by atoms with van der Waals surface area (Å²) in [5, 5.41) is 0. The normalized spacial score (nSPS) is 17.7. The number of nitrogens with two attached hydrogens (primary N) is 1. The van der Waals surface area contributed by atoms with Crippen LogP contribution in [0.5, 0.6) is 0 Å². The zero-order valence-electron chi connectivity index (χ0n) is 12.0. The molecular formula is C16H24N2O. The Bertz CT molecular complexity index is 450. The Labute approximate surface area is 115 Å². The number of fused-ring (bicyclic) bond motifs is 1. The predicted octanol–water partition coefficient (Wildman–Crippen LogP) is 2.89. The molecule has 0 radical (unpaired) electrons. The number of carbonyl (C=O) groups excluding carboxylic acids is 1. The number of hydrogen-bond donors (Lipinski definition) is 1. The summed E-state index contributed by atoms with van der Waals surface area (Å²) in [6, 6.07) is 6.33. The van der Waals surface area contributed by atoms with E-state index in [9.17, 15) is 4.79 Å². The zero-order valence-corrected chi connectivity index (χ0v) is 12.0. The lowest BCUT2D eigenvalue weighted by Gasteiger charge is -2.29. The van der Waals surface area contributed by atoms with Crippen LogP contribution in [0.1, 0.15) is 60.6 Å². The van der Waals surface area contributed by atoms with Crippen molar-refractivity contribution in [3.63, 3.8) is 0 Å². The van der Waals surface area contributed by atoms with E-state index in [4.69, 9.17) is 5.73 Å². The summed E-state index contributed by atoms with van der Waals surface area (Å²) >= 11 is 0. The summed E-state index contributed by atoms with van der Waals surface area (Å²) in [6.45, 7) is 6.59. The van der Waals surface area contributed by atoms with E-state index in [1.54, 1.807) is 0 Å². The van der Waals surface area contributed by atoms with Crippen LogP contribution < -0.4 is 5.73 Å². The number of amides is 1. The standard InChI is InChI=1S/C16H24N2O/c1-3-10-18(11-4-2)14-9-8-12-6-5-7-13(15(12)14)16(17)19/h5-7,14H,3-4,8-11H2,1-2H3,(H2,17,19)/t14-/m0/s1. The highest BCUT2D eigenvalue weighted by Crippen LogP contribution is 2.38. The molecule has 19 heavy (non-hydrogen) atoms. The molecule has 3 heteroatoms. The summed E-state index contributed by atoms with van der Waals surface area (Å²) in [5.74, 6) is -0.295. The van der Waals surface area contributed by atoms with E-state index in [-0.39, 0.29) is 5.91 Å². The van der Waals surface area contributed by atoms with Gasteiger partial charge in [-0.2, -0.15) is 0 Å². The molecule has 2 N–H and O–H groups in total. The molecule has 104 valence electrons. The molecule has 1 aromatic carbocycles. The van der Waals surface area contributed by atoms with Crippen LogP contribution in [0.2, 0.25) is 0 Å². The van der Waals surface area contributed by atoms with E-state index in [0.717, 1.165) is 44.3 Å². The Balaban J connectivity index is 2.35. The Morgan fingerprint density at radius 2 is 2.00 bits per heavy atom. The van der Waals surface area contributed by atoms with Crippen molar-refractivity contribution in [2.24, 2.45) is 5.73 Å². The minimum Gasteiger partial charge on any atom is -0.366 e. The van der Waals surface area contributed by atoms with Crippen molar-refractivity contribution < 1.29 is 4.79 Å². The third-order valence-corrected chi connectivity index (χ3v) is 3.94. The van der Waals surface area contributed by atoms with Crippen LogP contribution in [0.3, 0.4) is 0 Å². The molecule has 0 fully saturated rings. The molecule has 2 rings (SSSR count). The predicted molar refractivity (Wildman–Crippen MR) is 78.2 cm³/mol. The van der Waals surface area contributed by atoms with Gasteiger partial charge in [0, 0.05) is 11.6 Å². The summed E-state index contributed by atoms with van der Waals surface area (Å²) in [5.41, 5.74) is 8.76. The molecule has 0 bridgehead atoms. The monoisotopic (exact) mass is 260 g/mol. The van der Waals surface area contributed by atoms with Gasteiger partial charge in [-0.05, 0) is 56.0 Å². The third-order valence-electron chi connectivity index (χ3n) is 3.94. The maximum absolute atomic E-state index is 11.6. The van der Waals surface area contributed by atoms with Gasteiger partial charge in [-0.25, -0.2) is 0 Å². The van der Waals surface area contributed by atoms with Gasteiger partial charge in [-0.15, -0.1) is 0 Å². The SMILES string of the molecule is CCCN(CCC)[C@H]1CCc2cccc(C(N)=O)c21. The average Bonchev–Trinajstić information content (AvgIpc) is 2.81. The molecule has 0 spiro atoms. The second kappa shape index (κ2) is 6.20. The first-order valence-electron chi connectivity index (χ1n) is 7.34. The number of hydrogen-bond acceptors (Lipinski definition) is 2. The van der Waals surface area contributed by atoms with Crippen molar-refractivity contribution in [3.8, 4) is 0 Å². The van der Waals surface area contributed by atoms with Gasteiger partial charge in [0.1, 0.15) is 0 Å². The second-order valence-corrected chi connectivity index (χ2v) is 5.33. The van der Waals surface area contributed by atoms with E-state index in [1.807, 2.05) is 12.1 Å². The molecule has 1 amide bonds. The van der Waals surface area contributed by atoms with Gasteiger partial charge >= 0.3 is 0 Å². The zero-order chi connectivity index (χ0) is 13.8. The van der Waals surface area contributed by atoms with Crippen LogP contribution in [0, 0.1) is 0 Å². The highest BCUT2D eigenvalue weighted by molar-refractivity contribution is 5.95. The van der Waals surface area contributed by atoms with Gasteiger partial charge in [0.15, 0.2) is 0 Å². The van der Waals surface area contributed by atoms with Crippen LogP contribution in [0.15, 0.2) is 18.2 Å². The molecule has 0 saturated carbocycles. The van der Waals surface area contributed by atoms with Gasteiger partial charge in [0.05, 0.1) is 0 Å². The number of carbonyl (C=O) groups is 1. The molecule has 1 aliphatic carbocycles. The second-order valence-electron chi connectivity index (χ2n) is 5.33. The van der Waals surface area contributed by atoms with Gasteiger partial charge < -0.3 is 5.73 Å². The summed E-state index contributed by atoms with van der Waals surface area (Å²) in [6.07, 6.45) is 4.46. The lowest BCUT2D eigenvalue weighted by atomic mass is 9.99. The molecular weight excluding hydrogens is 236 g/mol.